The van der Waals surface area contributed by atoms with Crippen LogP contribution >= 0.6 is 0 Å². The van der Waals surface area contributed by atoms with Gasteiger partial charge in [-0.1, -0.05) is 13.8 Å². The molecule has 0 bridgehead atoms. The Kier molecular flexibility index (Phi) is 6.90. The van der Waals surface area contributed by atoms with Gasteiger partial charge in [0.05, 0.1) is 25.5 Å². The van der Waals surface area contributed by atoms with Gasteiger partial charge in [0.1, 0.15) is 22.9 Å². The lowest BCUT2D eigenvalue weighted by molar-refractivity contribution is 0.0396. The molecule has 6 nitrogen and oxygen atoms in total. The number of aliphatic hydroxyl groups is 1. The van der Waals surface area contributed by atoms with Gasteiger partial charge in [-0.2, -0.15) is 0 Å². The predicted molar refractivity (Wildman–Crippen MR) is 143 cm³/mol. The molecular weight excluding hydrogens is 485 g/mol. The molecule has 1 fully saturated rings. The highest BCUT2D eigenvalue weighted by atomic mass is 19.1. The van der Waals surface area contributed by atoms with E-state index in [0.717, 1.165) is 24.8 Å². The molecule has 0 amide bonds. The molecule has 2 heterocycles. The molecule has 3 aromatic rings. The van der Waals surface area contributed by atoms with E-state index >= 15 is 0 Å². The lowest BCUT2D eigenvalue weighted by Gasteiger charge is -2.26. The van der Waals surface area contributed by atoms with Crippen LogP contribution in [-0.2, 0) is 11.0 Å². The van der Waals surface area contributed by atoms with Crippen LogP contribution < -0.4 is 14.2 Å². The van der Waals surface area contributed by atoms with Gasteiger partial charge in [0.2, 0.25) is 0 Å². The normalized spacial score (nSPS) is 19.8. The van der Waals surface area contributed by atoms with E-state index in [9.17, 15) is 14.3 Å². The summed E-state index contributed by atoms with van der Waals surface area (Å²) in [4.78, 5) is 17.9. The summed E-state index contributed by atoms with van der Waals surface area (Å²) in [7, 11) is 1.56. The molecular formula is C31H34FNO5. The first-order valence-corrected chi connectivity index (χ1v) is 13.2. The number of Topliss-reactive ketones (excluding diaryl/α,β-unsaturated/α-hetero) is 1. The Morgan fingerprint density at radius 3 is 2.58 bits per heavy atom. The van der Waals surface area contributed by atoms with E-state index in [2.05, 4.69) is 13.8 Å². The number of benzene rings is 2. The largest absolute Gasteiger partial charge is 0.493 e. The van der Waals surface area contributed by atoms with E-state index in [1.165, 1.54) is 12.1 Å². The fourth-order valence-corrected chi connectivity index (χ4v) is 4.74. The van der Waals surface area contributed by atoms with Gasteiger partial charge in [0.15, 0.2) is 17.3 Å². The molecule has 0 saturated heterocycles. The van der Waals surface area contributed by atoms with Crippen LogP contribution in [0, 0.1) is 5.82 Å². The number of halogens is 1. The van der Waals surface area contributed by atoms with Gasteiger partial charge in [-0.25, -0.2) is 9.37 Å². The number of fused-ring (bicyclic) bond motifs is 1. The third-order valence-electron chi connectivity index (χ3n) is 7.75. The zero-order valence-electron chi connectivity index (χ0n) is 22.3. The fourth-order valence-electron chi connectivity index (χ4n) is 4.74. The van der Waals surface area contributed by atoms with Crippen molar-refractivity contribution in [1.82, 2.24) is 4.98 Å². The average Bonchev–Trinajstić information content (AvgIpc) is 3.68. The molecule has 200 valence electrons. The smallest absolute Gasteiger partial charge is 0.163 e. The number of carbonyl (C=O) groups excluding carboxylic acids is 1. The molecule has 1 aliphatic heterocycles. The van der Waals surface area contributed by atoms with Gasteiger partial charge in [0, 0.05) is 28.5 Å². The van der Waals surface area contributed by atoms with Crippen molar-refractivity contribution in [2.75, 3.05) is 13.7 Å². The molecule has 1 aromatic heterocycles. The number of methoxy groups -OCH3 is 1. The van der Waals surface area contributed by atoms with Gasteiger partial charge < -0.3 is 19.3 Å². The number of carbonyl (C=O) groups is 1. The summed E-state index contributed by atoms with van der Waals surface area (Å²) < 4.78 is 31.0. The minimum Gasteiger partial charge on any atom is -0.493 e. The molecule has 2 atom stereocenters. The molecule has 5 rings (SSSR count). The molecule has 1 saturated carbocycles. The highest BCUT2D eigenvalue weighted by molar-refractivity contribution is 5.96. The van der Waals surface area contributed by atoms with Crippen molar-refractivity contribution in [3.63, 3.8) is 0 Å². The number of rotatable bonds is 10. The SMILES string of the molecule is CC[C@@]1(C)COc2c1cc(C(C)(O)CCC(=O)c1ccc(OC3CC3)c(OC)c1)nc2-c1ccc(F)cc1. The second kappa shape index (κ2) is 10.0. The third kappa shape index (κ3) is 5.12. The Morgan fingerprint density at radius 1 is 1.18 bits per heavy atom. The summed E-state index contributed by atoms with van der Waals surface area (Å²) in [6.07, 6.45) is 3.41. The number of aromatic nitrogens is 1. The second-order valence-electron chi connectivity index (χ2n) is 10.8. The molecule has 0 spiro atoms. The molecule has 2 aromatic carbocycles. The first-order chi connectivity index (χ1) is 18.1. The maximum Gasteiger partial charge on any atom is 0.163 e. The fraction of sp³-hybridized carbons (Fsp3) is 0.419. The summed E-state index contributed by atoms with van der Waals surface area (Å²) in [5.74, 6) is 1.38. The summed E-state index contributed by atoms with van der Waals surface area (Å²) in [6, 6.07) is 13.2. The van der Waals surface area contributed by atoms with Crippen molar-refractivity contribution in [2.24, 2.45) is 0 Å². The number of ketones is 1. The van der Waals surface area contributed by atoms with E-state index in [1.807, 2.05) is 6.07 Å². The van der Waals surface area contributed by atoms with Crippen LogP contribution in [0.1, 0.15) is 74.5 Å². The molecule has 2 aliphatic rings. The Morgan fingerprint density at radius 2 is 1.92 bits per heavy atom. The first-order valence-electron chi connectivity index (χ1n) is 13.2. The zero-order valence-corrected chi connectivity index (χ0v) is 22.3. The van der Waals surface area contributed by atoms with Crippen LogP contribution in [0.2, 0.25) is 0 Å². The molecule has 1 N–H and O–H groups in total. The monoisotopic (exact) mass is 519 g/mol. The number of hydrogen-bond donors (Lipinski definition) is 1. The maximum absolute atomic E-state index is 13.6. The minimum absolute atomic E-state index is 0.108. The molecule has 1 unspecified atom stereocenters. The number of ether oxygens (including phenoxy) is 3. The summed E-state index contributed by atoms with van der Waals surface area (Å²) in [5, 5.41) is 11.6. The molecule has 1 aliphatic carbocycles. The van der Waals surface area contributed by atoms with Gasteiger partial charge in [-0.3, -0.25) is 4.79 Å². The second-order valence-corrected chi connectivity index (χ2v) is 10.8. The van der Waals surface area contributed by atoms with E-state index in [-0.39, 0.29) is 36.0 Å². The van der Waals surface area contributed by atoms with Crippen LogP contribution in [0.3, 0.4) is 0 Å². The summed E-state index contributed by atoms with van der Waals surface area (Å²) >= 11 is 0. The average molecular weight is 520 g/mol. The topological polar surface area (TPSA) is 77.9 Å². The first kappa shape index (κ1) is 26.2. The van der Waals surface area contributed by atoms with Crippen molar-refractivity contribution >= 4 is 5.78 Å². The summed E-state index contributed by atoms with van der Waals surface area (Å²) in [6.45, 7) is 6.40. The lowest BCUT2D eigenvalue weighted by Crippen LogP contribution is -2.26. The van der Waals surface area contributed by atoms with Gasteiger partial charge in [-0.05, 0) is 81.1 Å². The van der Waals surface area contributed by atoms with Crippen molar-refractivity contribution in [1.29, 1.82) is 0 Å². The van der Waals surface area contributed by atoms with Crippen LogP contribution in [0.25, 0.3) is 11.3 Å². The standard InChI is InChI=1S/C31H34FNO5/c1-5-30(2)18-37-29-23(30)17-27(33-28(29)19-6-9-21(32)10-7-19)31(3,35)15-14-24(34)20-8-13-25(26(16-20)36-4)38-22-11-12-22/h6-10,13,16-17,22,35H,5,11-12,14-15,18H2,1-4H3/t30-,31?/m0/s1. The summed E-state index contributed by atoms with van der Waals surface area (Å²) in [5.41, 5.74) is 1.58. The van der Waals surface area contributed by atoms with Crippen LogP contribution in [0.4, 0.5) is 4.39 Å². The predicted octanol–water partition coefficient (Wildman–Crippen LogP) is 6.37. The number of hydrogen-bond acceptors (Lipinski definition) is 6. The number of nitrogens with zero attached hydrogens (tertiary/aromatic N) is 1. The van der Waals surface area contributed by atoms with Crippen molar-refractivity contribution < 1.29 is 28.5 Å². The van der Waals surface area contributed by atoms with E-state index in [0.29, 0.717) is 46.4 Å². The van der Waals surface area contributed by atoms with Crippen molar-refractivity contribution in [3.05, 3.63) is 71.2 Å². The lowest BCUT2D eigenvalue weighted by atomic mass is 9.80. The Labute approximate surface area is 222 Å². The molecule has 38 heavy (non-hydrogen) atoms. The Bertz CT molecular complexity index is 1350. The van der Waals surface area contributed by atoms with Crippen molar-refractivity contribution in [3.8, 4) is 28.5 Å². The Balaban J connectivity index is 1.41. The van der Waals surface area contributed by atoms with Crippen LogP contribution in [-0.4, -0.2) is 35.7 Å². The van der Waals surface area contributed by atoms with Crippen LogP contribution in [0.5, 0.6) is 17.2 Å². The maximum atomic E-state index is 13.6. The van der Waals surface area contributed by atoms with E-state index in [1.54, 1.807) is 44.4 Å². The minimum atomic E-state index is -1.38. The van der Waals surface area contributed by atoms with E-state index in [4.69, 9.17) is 19.2 Å². The molecule has 0 radical (unpaired) electrons. The highest BCUT2D eigenvalue weighted by Gasteiger charge is 2.39. The van der Waals surface area contributed by atoms with Crippen molar-refractivity contribution in [2.45, 2.75) is 70.0 Å². The zero-order chi connectivity index (χ0) is 27.1. The highest BCUT2D eigenvalue weighted by Crippen LogP contribution is 2.47. The van der Waals surface area contributed by atoms with E-state index < -0.39 is 5.60 Å². The van der Waals surface area contributed by atoms with Crippen LogP contribution in [0.15, 0.2) is 48.5 Å². The Hall–Kier alpha value is -3.45. The number of pyridine rings is 1. The molecule has 7 heteroatoms. The third-order valence-corrected chi connectivity index (χ3v) is 7.75. The van der Waals surface area contributed by atoms with Gasteiger partial charge in [0.25, 0.3) is 0 Å². The van der Waals surface area contributed by atoms with Gasteiger partial charge in [-0.15, -0.1) is 0 Å². The quantitative estimate of drug-likeness (QED) is 0.314. The van der Waals surface area contributed by atoms with Gasteiger partial charge >= 0.3 is 0 Å².